The topological polar surface area (TPSA) is 54.9 Å². The zero-order valence-corrected chi connectivity index (χ0v) is 14.4. The van der Waals surface area contributed by atoms with Crippen molar-refractivity contribution >= 4 is 34.7 Å². The Morgan fingerprint density at radius 2 is 2.13 bits per heavy atom. The van der Waals surface area contributed by atoms with Gasteiger partial charge in [-0.2, -0.15) is 0 Å². The van der Waals surface area contributed by atoms with Crippen molar-refractivity contribution in [3.63, 3.8) is 0 Å². The molecule has 6 heteroatoms. The van der Waals surface area contributed by atoms with Gasteiger partial charge in [0.05, 0.1) is 0 Å². The monoisotopic (exact) mass is 345 g/mol. The first-order valence-electron chi connectivity index (χ1n) is 8.10. The minimum absolute atomic E-state index is 0.159. The average molecular weight is 345 g/mol. The van der Waals surface area contributed by atoms with Gasteiger partial charge in [-0.3, -0.25) is 4.79 Å². The summed E-state index contributed by atoms with van der Waals surface area (Å²) in [6.45, 7) is 0. The van der Waals surface area contributed by atoms with E-state index in [0.717, 1.165) is 26.8 Å². The Kier molecular flexibility index (Phi) is 4.35. The van der Waals surface area contributed by atoms with Crippen molar-refractivity contribution in [3.8, 4) is 0 Å². The second-order valence-corrected chi connectivity index (χ2v) is 8.67. The van der Waals surface area contributed by atoms with Crippen LogP contribution < -0.4 is 5.32 Å². The van der Waals surface area contributed by atoms with Crippen molar-refractivity contribution in [3.05, 3.63) is 29.8 Å². The van der Waals surface area contributed by atoms with Crippen LogP contribution in [-0.4, -0.2) is 16.1 Å². The van der Waals surface area contributed by atoms with Crippen LogP contribution in [0.25, 0.3) is 0 Å². The van der Waals surface area contributed by atoms with Crippen LogP contribution in [0, 0.1) is 17.8 Å². The molecule has 1 N–H and O–H groups in total. The molecule has 4 nitrogen and oxygen atoms in total. The molecule has 2 aliphatic carbocycles. The molecule has 23 heavy (non-hydrogen) atoms. The van der Waals surface area contributed by atoms with Gasteiger partial charge in [0, 0.05) is 17.0 Å². The summed E-state index contributed by atoms with van der Waals surface area (Å²) in [6.07, 6.45) is 6.02. The van der Waals surface area contributed by atoms with Crippen molar-refractivity contribution in [2.75, 3.05) is 5.32 Å². The number of carbonyl (C=O) groups is 1. The van der Waals surface area contributed by atoms with Gasteiger partial charge < -0.3 is 5.32 Å². The highest BCUT2D eigenvalue weighted by molar-refractivity contribution is 8.01. The highest BCUT2D eigenvalue weighted by Gasteiger charge is 2.40. The minimum atomic E-state index is 0.159. The van der Waals surface area contributed by atoms with Crippen LogP contribution in [0.4, 0.5) is 5.69 Å². The summed E-state index contributed by atoms with van der Waals surface area (Å²) in [4.78, 5) is 13.4. The maximum absolute atomic E-state index is 12.3. The molecule has 0 saturated heterocycles. The van der Waals surface area contributed by atoms with Gasteiger partial charge in [-0.1, -0.05) is 29.5 Å². The van der Waals surface area contributed by atoms with E-state index in [1.54, 1.807) is 17.3 Å². The lowest BCUT2D eigenvalue weighted by molar-refractivity contribution is -0.117. The van der Waals surface area contributed by atoms with E-state index < -0.39 is 0 Å². The highest BCUT2D eigenvalue weighted by atomic mass is 32.2. The van der Waals surface area contributed by atoms with Gasteiger partial charge in [-0.05, 0) is 61.3 Å². The summed E-state index contributed by atoms with van der Waals surface area (Å²) in [7, 11) is 0. The molecule has 0 aliphatic heterocycles. The molecule has 120 valence electrons. The number of carbonyl (C=O) groups excluding carboxylic acids is 1. The van der Waals surface area contributed by atoms with Crippen LogP contribution in [0.5, 0.6) is 0 Å². The van der Waals surface area contributed by atoms with E-state index in [-0.39, 0.29) is 5.91 Å². The Bertz CT molecular complexity index is 672. The van der Waals surface area contributed by atoms with E-state index >= 15 is 0 Å². The minimum Gasteiger partial charge on any atom is -0.326 e. The summed E-state index contributed by atoms with van der Waals surface area (Å²) in [5, 5.41) is 10.9. The first-order chi connectivity index (χ1) is 11.3. The molecule has 0 spiro atoms. The van der Waals surface area contributed by atoms with Crippen LogP contribution in [-0.2, 0) is 4.79 Å². The summed E-state index contributed by atoms with van der Waals surface area (Å²) >= 11 is 3.12. The molecule has 2 aliphatic rings. The Labute approximate surface area is 144 Å². The Morgan fingerprint density at radius 1 is 1.26 bits per heavy atom. The standard InChI is InChI=1S/C17H19N3OS2/c21-16(9-13-8-11-1-2-12(13)7-11)19-14-3-5-15(6-4-14)23-17-20-18-10-22-17/h3-6,10-13H,1-2,7-9H2,(H,19,21). The molecule has 1 aromatic carbocycles. The number of hydrogen-bond acceptors (Lipinski definition) is 5. The molecule has 1 aromatic heterocycles. The lowest BCUT2D eigenvalue weighted by atomic mass is 9.86. The highest BCUT2D eigenvalue weighted by Crippen LogP contribution is 2.49. The molecule has 1 heterocycles. The fraction of sp³-hybridized carbons (Fsp3) is 0.471. The quantitative estimate of drug-likeness (QED) is 0.869. The average Bonchev–Trinajstić information content (AvgIpc) is 3.27. The van der Waals surface area contributed by atoms with Gasteiger partial charge in [0.2, 0.25) is 5.91 Å². The van der Waals surface area contributed by atoms with Crippen molar-refractivity contribution in [1.82, 2.24) is 10.2 Å². The number of anilines is 1. The predicted molar refractivity (Wildman–Crippen MR) is 92.7 cm³/mol. The normalized spacial score (nSPS) is 25.7. The maximum Gasteiger partial charge on any atom is 0.224 e. The lowest BCUT2D eigenvalue weighted by Gasteiger charge is -2.20. The van der Waals surface area contributed by atoms with Crippen molar-refractivity contribution in [2.24, 2.45) is 17.8 Å². The molecular weight excluding hydrogens is 326 g/mol. The van der Waals surface area contributed by atoms with Gasteiger partial charge in [0.15, 0.2) is 4.34 Å². The van der Waals surface area contributed by atoms with E-state index in [2.05, 4.69) is 15.5 Å². The van der Waals surface area contributed by atoms with Crippen LogP contribution in [0.2, 0.25) is 0 Å². The molecule has 0 radical (unpaired) electrons. The van der Waals surface area contributed by atoms with Gasteiger partial charge in [-0.25, -0.2) is 0 Å². The summed E-state index contributed by atoms with van der Waals surface area (Å²) in [5.41, 5.74) is 2.60. The number of benzene rings is 1. The molecule has 2 aromatic rings. The molecule has 3 atom stereocenters. The number of hydrogen-bond donors (Lipinski definition) is 1. The van der Waals surface area contributed by atoms with Crippen molar-refractivity contribution < 1.29 is 4.79 Å². The zero-order chi connectivity index (χ0) is 15.6. The lowest BCUT2D eigenvalue weighted by Crippen LogP contribution is -2.20. The Hall–Kier alpha value is -1.40. The molecule has 4 rings (SSSR count). The maximum atomic E-state index is 12.3. The third-order valence-corrected chi connectivity index (χ3v) is 6.80. The Morgan fingerprint density at radius 3 is 2.78 bits per heavy atom. The van der Waals surface area contributed by atoms with Gasteiger partial charge in [0.1, 0.15) is 5.51 Å². The summed E-state index contributed by atoms with van der Waals surface area (Å²) in [6, 6.07) is 7.95. The van der Waals surface area contributed by atoms with Gasteiger partial charge in [0.25, 0.3) is 0 Å². The summed E-state index contributed by atoms with van der Waals surface area (Å²) in [5.74, 6) is 2.47. The van der Waals surface area contributed by atoms with Gasteiger partial charge >= 0.3 is 0 Å². The van der Waals surface area contributed by atoms with Crippen LogP contribution in [0.3, 0.4) is 0 Å². The predicted octanol–water partition coefficient (Wildman–Crippen LogP) is 4.45. The molecule has 1 amide bonds. The van der Waals surface area contributed by atoms with Crippen LogP contribution >= 0.6 is 23.1 Å². The van der Waals surface area contributed by atoms with Crippen molar-refractivity contribution in [1.29, 1.82) is 0 Å². The molecular formula is C17H19N3OS2. The molecule has 2 bridgehead atoms. The smallest absolute Gasteiger partial charge is 0.224 e. The third kappa shape index (κ3) is 3.58. The number of nitrogens with one attached hydrogen (secondary N) is 1. The number of aromatic nitrogens is 2. The zero-order valence-electron chi connectivity index (χ0n) is 12.8. The molecule has 3 unspecified atom stereocenters. The largest absolute Gasteiger partial charge is 0.326 e. The third-order valence-electron chi connectivity index (χ3n) is 5.02. The molecule has 2 saturated carbocycles. The Balaban J connectivity index is 1.31. The van der Waals surface area contributed by atoms with E-state index in [1.807, 2.05) is 24.3 Å². The number of nitrogens with zero attached hydrogens (tertiary/aromatic N) is 2. The SMILES string of the molecule is O=C(CC1CC2CCC1C2)Nc1ccc(Sc2nncs2)cc1. The summed E-state index contributed by atoms with van der Waals surface area (Å²) < 4.78 is 0.929. The second kappa shape index (κ2) is 6.61. The van der Waals surface area contributed by atoms with Crippen LogP contribution in [0.15, 0.2) is 39.0 Å². The number of rotatable bonds is 5. The molecule has 2 fully saturated rings. The van der Waals surface area contributed by atoms with Crippen molar-refractivity contribution in [2.45, 2.75) is 41.3 Å². The van der Waals surface area contributed by atoms with E-state index in [4.69, 9.17) is 0 Å². The van der Waals surface area contributed by atoms with E-state index in [0.29, 0.717) is 12.3 Å². The van der Waals surface area contributed by atoms with Gasteiger partial charge in [-0.15, -0.1) is 10.2 Å². The first kappa shape index (κ1) is 15.1. The van der Waals surface area contributed by atoms with E-state index in [9.17, 15) is 4.79 Å². The second-order valence-electron chi connectivity index (χ2n) is 6.52. The number of fused-ring (bicyclic) bond motifs is 2. The number of amides is 1. The fourth-order valence-electron chi connectivity index (χ4n) is 3.99. The van der Waals surface area contributed by atoms with Crippen LogP contribution in [0.1, 0.15) is 32.1 Å². The first-order valence-corrected chi connectivity index (χ1v) is 9.80. The fourth-order valence-corrected chi connectivity index (χ4v) is 5.44. The van der Waals surface area contributed by atoms with E-state index in [1.165, 1.54) is 37.0 Å².